The van der Waals surface area contributed by atoms with Crippen LogP contribution in [0.15, 0.2) is 24.3 Å². The third-order valence-corrected chi connectivity index (χ3v) is 4.55. The van der Waals surface area contributed by atoms with Crippen molar-refractivity contribution < 1.29 is 4.79 Å². The standard InChI is InChI=1S/C17H24N2O/c1-12-6-9-16(15-5-3-2-4-14(12)15)18-10-11-19-17(20)13-7-8-13/h2-5,12-13,16,18H,6-11H2,1H3,(H,19,20). The summed E-state index contributed by atoms with van der Waals surface area (Å²) in [7, 11) is 0. The first-order chi connectivity index (χ1) is 9.75. The van der Waals surface area contributed by atoms with E-state index < -0.39 is 0 Å². The average Bonchev–Trinajstić information content (AvgIpc) is 3.30. The van der Waals surface area contributed by atoms with E-state index in [0.717, 1.165) is 25.9 Å². The number of nitrogens with one attached hydrogen (secondary N) is 2. The zero-order chi connectivity index (χ0) is 13.9. The summed E-state index contributed by atoms with van der Waals surface area (Å²) < 4.78 is 0. The second-order valence-electron chi connectivity index (χ2n) is 6.18. The Labute approximate surface area is 121 Å². The van der Waals surface area contributed by atoms with Crippen molar-refractivity contribution in [1.29, 1.82) is 0 Å². The highest BCUT2D eigenvalue weighted by Gasteiger charge is 2.29. The van der Waals surface area contributed by atoms with Gasteiger partial charge in [-0.2, -0.15) is 0 Å². The lowest BCUT2D eigenvalue weighted by molar-refractivity contribution is -0.122. The second-order valence-corrected chi connectivity index (χ2v) is 6.18. The van der Waals surface area contributed by atoms with Gasteiger partial charge >= 0.3 is 0 Å². The fraction of sp³-hybridized carbons (Fsp3) is 0.588. The molecule has 1 aromatic carbocycles. The first-order valence-electron chi connectivity index (χ1n) is 7.85. The van der Waals surface area contributed by atoms with Crippen LogP contribution < -0.4 is 10.6 Å². The molecule has 1 aromatic rings. The maximum atomic E-state index is 11.6. The van der Waals surface area contributed by atoms with Crippen molar-refractivity contribution in [3.63, 3.8) is 0 Å². The number of fused-ring (bicyclic) bond motifs is 1. The first kappa shape index (κ1) is 13.6. The summed E-state index contributed by atoms with van der Waals surface area (Å²) >= 11 is 0. The summed E-state index contributed by atoms with van der Waals surface area (Å²) in [5.41, 5.74) is 2.93. The van der Waals surface area contributed by atoms with E-state index in [1.165, 1.54) is 24.0 Å². The Morgan fingerprint density at radius 1 is 1.10 bits per heavy atom. The van der Waals surface area contributed by atoms with Gasteiger partial charge in [-0.1, -0.05) is 31.2 Å². The fourth-order valence-electron chi connectivity index (χ4n) is 3.14. The molecule has 0 saturated heterocycles. The Morgan fingerprint density at radius 2 is 1.85 bits per heavy atom. The number of benzene rings is 1. The van der Waals surface area contributed by atoms with Crippen LogP contribution in [-0.4, -0.2) is 19.0 Å². The van der Waals surface area contributed by atoms with Gasteiger partial charge in [0.1, 0.15) is 0 Å². The van der Waals surface area contributed by atoms with E-state index in [4.69, 9.17) is 0 Å². The zero-order valence-electron chi connectivity index (χ0n) is 12.2. The van der Waals surface area contributed by atoms with Crippen LogP contribution in [0.4, 0.5) is 0 Å². The van der Waals surface area contributed by atoms with Crippen LogP contribution in [0, 0.1) is 5.92 Å². The molecule has 1 amide bonds. The molecule has 2 N–H and O–H groups in total. The van der Waals surface area contributed by atoms with Gasteiger partial charge in [-0.25, -0.2) is 0 Å². The van der Waals surface area contributed by atoms with E-state index in [1.54, 1.807) is 0 Å². The number of hydrogen-bond donors (Lipinski definition) is 2. The molecule has 20 heavy (non-hydrogen) atoms. The van der Waals surface area contributed by atoms with Gasteiger partial charge in [0, 0.05) is 25.0 Å². The summed E-state index contributed by atoms with van der Waals surface area (Å²) in [5.74, 6) is 1.22. The van der Waals surface area contributed by atoms with E-state index >= 15 is 0 Å². The number of carbonyl (C=O) groups excluding carboxylic acids is 1. The Balaban J connectivity index is 1.50. The predicted molar refractivity (Wildman–Crippen MR) is 80.6 cm³/mol. The Kier molecular flexibility index (Phi) is 4.06. The van der Waals surface area contributed by atoms with Gasteiger partial charge < -0.3 is 10.6 Å². The van der Waals surface area contributed by atoms with Crippen molar-refractivity contribution >= 4 is 5.91 Å². The lowest BCUT2D eigenvalue weighted by Crippen LogP contribution is -2.35. The van der Waals surface area contributed by atoms with Crippen LogP contribution in [0.5, 0.6) is 0 Å². The lowest BCUT2D eigenvalue weighted by atomic mass is 9.81. The normalized spacial score (nSPS) is 25.1. The smallest absolute Gasteiger partial charge is 0.223 e. The van der Waals surface area contributed by atoms with Crippen molar-refractivity contribution in [3.8, 4) is 0 Å². The van der Waals surface area contributed by atoms with Crippen molar-refractivity contribution in [1.82, 2.24) is 10.6 Å². The lowest BCUT2D eigenvalue weighted by Gasteiger charge is -2.30. The molecule has 108 valence electrons. The number of carbonyl (C=O) groups is 1. The quantitative estimate of drug-likeness (QED) is 0.809. The van der Waals surface area contributed by atoms with Gasteiger partial charge in [0.05, 0.1) is 0 Å². The fourth-order valence-corrected chi connectivity index (χ4v) is 3.14. The van der Waals surface area contributed by atoms with E-state index in [-0.39, 0.29) is 5.91 Å². The SMILES string of the molecule is CC1CCC(NCCNC(=O)C2CC2)c2ccccc21. The van der Waals surface area contributed by atoms with Crippen molar-refractivity contribution in [2.24, 2.45) is 5.92 Å². The van der Waals surface area contributed by atoms with Crippen LogP contribution >= 0.6 is 0 Å². The molecule has 2 aliphatic rings. The monoisotopic (exact) mass is 272 g/mol. The largest absolute Gasteiger partial charge is 0.355 e. The second kappa shape index (κ2) is 5.96. The van der Waals surface area contributed by atoms with E-state index in [0.29, 0.717) is 17.9 Å². The van der Waals surface area contributed by atoms with Crippen molar-refractivity contribution in [3.05, 3.63) is 35.4 Å². The molecule has 2 unspecified atom stereocenters. The summed E-state index contributed by atoms with van der Waals surface area (Å²) in [6.07, 6.45) is 4.58. The predicted octanol–water partition coefficient (Wildman–Crippen LogP) is 2.74. The number of hydrogen-bond acceptors (Lipinski definition) is 2. The molecule has 1 saturated carbocycles. The summed E-state index contributed by atoms with van der Waals surface area (Å²) in [6.45, 7) is 3.90. The van der Waals surface area contributed by atoms with Crippen LogP contribution in [0.2, 0.25) is 0 Å². The molecule has 0 spiro atoms. The summed E-state index contributed by atoms with van der Waals surface area (Å²) in [6, 6.07) is 9.20. The molecule has 0 heterocycles. The Morgan fingerprint density at radius 3 is 2.60 bits per heavy atom. The molecule has 0 aromatic heterocycles. The van der Waals surface area contributed by atoms with Gasteiger partial charge in [-0.05, 0) is 42.7 Å². The highest BCUT2D eigenvalue weighted by molar-refractivity contribution is 5.80. The Bertz CT molecular complexity index is 482. The van der Waals surface area contributed by atoms with Crippen LogP contribution in [0.3, 0.4) is 0 Å². The molecular weight excluding hydrogens is 248 g/mol. The summed E-state index contributed by atoms with van der Waals surface area (Å²) in [4.78, 5) is 11.6. The number of amides is 1. The molecule has 3 rings (SSSR count). The molecule has 2 atom stereocenters. The molecule has 0 aliphatic heterocycles. The molecule has 3 heteroatoms. The van der Waals surface area contributed by atoms with Gasteiger partial charge in [0.2, 0.25) is 5.91 Å². The van der Waals surface area contributed by atoms with Crippen molar-refractivity contribution in [2.75, 3.05) is 13.1 Å². The maximum absolute atomic E-state index is 11.6. The molecule has 3 nitrogen and oxygen atoms in total. The Hall–Kier alpha value is -1.35. The van der Waals surface area contributed by atoms with E-state index in [1.807, 2.05) is 0 Å². The maximum Gasteiger partial charge on any atom is 0.223 e. The molecule has 0 bridgehead atoms. The van der Waals surface area contributed by atoms with Gasteiger partial charge in [0.25, 0.3) is 0 Å². The molecular formula is C17H24N2O. The molecule has 0 radical (unpaired) electrons. The molecule has 2 aliphatic carbocycles. The van der Waals surface area contributed by atoms with Crippen LogP contribution in [0.25, 0.3) is 0 Å². The molecule has 1 fully saturated rings. The van der Waals surface area contributed by atoms with E-state index in [9.17, 15) is 4.79 Å². The van der Waals surface area contributed by atoms with Crippen molar-refractivity contribution in [2.45, 2.75) is 44.6 Å². The third-order valence-electron chi connectivity index (χ3n) is 4.55. The number of rotatable bonds is 5. The summed E-state index contributed by atoms with van der Waals surface area (Å²) in [5, 5.41) is 6.61. The minimum absolute atomic E-state index is 0.240. The first-order valence-corrected chi connectivity index (χ1v) is 7.85. The topological polar surface area (TPSA) is 41.1 Å². The minimum atomic E-state index is 0.240. The highest BCUT2D eigenvalue weighted by atomic mass is 16.2. The van der Waals surface area contributed by atoms with Crippen LogP contribution in [0.1, 0.15) is 55.7 Å². The third kappa shape index (κ3) is 3.04. The average molecular weight is 272 g/mol. The van der Waals surface area contributed by atoms with E-state index in [2.05, 4.69) is 41.8 Å². The van der Waals surface area contributed by atoms with Gasteiger partial charge in [-0.3, -0.25) is 4.79 Å². The highest BCUT2D eigenvalue weighted by Crippen LogP contribution is 2.36. The minimum Gasteiger partial charge on any atom is -0.355 e. The zero-order valence-corrected chi connectivity index (χ0v) is 12.2. The van der Waals surface area contributed by atoms with Gasteiger partial charge in [-0.15, -0.1) is 0 Å². The van der Waals surface area contributed by atoms with Crippen LogP contribution in [-0.2, 0) is 4.79 Å². The van der Waals surface area contributed by atoms with Gasteiger partial charge in [0.15, 0.2) is 0 Å².